The van der Waals surface area contributed by atoms with Crippen LogP contribution in [0.4, 0.5) is 0 Å². The van der Waals surface area contributed by atoms with Crippen molar-refractivity contribution in [2.45, 2.75) is 44.7 Å². The van der Waals surface area contributed by atoms with Gasteiger partial charge in [0.15, 0.2) is 0 Å². The summed E-state index contributed by atoms with van der Waals surface area (Å²) in [5.41, 5.74) is 3.70. The topological polar surface area (TPSA) is 80.3 Å². The van der Waals surface area contributed by atoms with Crippen LogP contribution < -0.4 is 16.6 Å². The van der Waals surface area contributed by atoms with Crippen LogP contribution in [0, 0.1) is 0 Å². The maximum absolute atomic E-state index is 5.50. The first-order chi connectivity index (χ1) is 8.79. The van der Waals surface area contributed by atoms with E-state index < -0.39 is 0 Å². The fourth-order valence-corrected chi connectivity index (χ4v) is 2.29. The van der Waals surface area contributed by atoms with Crippen LogP contribution in [0.1, 0.15) is 37.8 Å². The predicted molar refractivity (Wildman–Crippen MR) is 71.7 cm³/mol. The summed E-state index contributed by atoms with van der Waals surface area (Å²) in [5.74, 6) is 6.17. The fraction of sp³-hybridized carbons (Fsp3) is 0.667. The summed E-state index contributed by atoms with van der Waals surface area (Å²) in [7, 11) is 1.91. The lowest BCUT2D eigenvalue weighted by Gasteiger charge is -2.24. The SMILES string of the molecule is Cn1nccc1CN=C(NN)NC1CCCCC1. The molecule has 100 valence electrons. The van der Waals surface area contributed by atoms with Gasteiger partial charge in [-0.15, -0.1) is 0 Å². The van der Waals surface area contributed by atoms with Crippen molar-refractivity contribution in [3.05, 3.63) is 18.0 Å². The Labute approximate surface area is 108 Å². The number of aliphatic imine (C=N–C) groups is 1. The maximum Gasteiger partial charge on any atom is 0.206 e. The van der Waals surface area contributed by atoms with Crippen LogP contribution in [0.5, 0.6) is 0 Å². The van der Waals surface area contributed by atoms with Crippen molar-refractivity contribution >= 4 is 5.96 Å². The molecule has 0 aromatic carbocycles. The van der Waals surface area contributed by atoms with E-state index in [9.17, 15) is 0 Å². The molecule has 18 heavy (non-hydrogen) atoms. The molecule has 1 fully saturated rings. The maximum atomic E-state index is 5.50. The van der Waals surface area contributed by atoms with Crippen LogP contribution in [-0.4, -0.2) is 21.8 Å². The number of nitrogens with two attached hydrogens (primary N) is 1. The van der Waals surface area contributed by atoms with Crippen molar-refractivity contribution in [2.24, 2.45) is 17.9 Å². The molecule has 0 spiro atoms. The number of aryl methyl sites for hydroxylation is 1. The van der Waals surface area contributed by atoms with Gasteiger partial charge < -0.3 is 5.32 Å². The van der Waals surface area contributed by atoms with Gasteiger partial charge in [0.2, 0.25) is 5.96 Å². The van der Waals surface area contributed by atoms with Crippen LogP contribution in [0.2, 0.25) is 0 Å². The minimum atomic E-state index is 0.500. The number of hydrazine groups is 1. The zero-order valence-electron chi connectivity index (χ0n) is 10.9. The number of guanidine groups is 1. The Morgan fingerprint density at radius 3 is 2.89 bits per heavy atom. The molecule has 0 amide bonds. The molecule has 4 N–H and O–H groups in total. The molecule has 1 aliphatic rings. The van der Waals surface area contributed by atoms with E-state index in [1.54, 1.807) is 6.20 Å². The first-order valence-electron chi connectivity index (χ1n) is 6.54. The van der Waals surface area contributed by atoms with Crippen molar-refractivity contribution < 1.29 is 0 Å². The molecule has 0 bridgehead atoms. The quantitative estimate of drug-likeness (QED) is 0.319. The summed E-state index contributed by atoms with van der Waals surface area (Å²) >= 11 is 0. The monoisotopic (exact) mass is 250 g/mol. The number of aromatic nitrogens is 2. The largest absolute Gasteiger partial charge is 0.353 e. The second-order valence-corrected chi connectivity index (χ2v) is 4.73. The molecular weight excluding hydrogens is 228 g/mol. The molecule has 1 aromatic rings. The highest BCUT2D eigenvalue weighted by molar-refractivity contribution is 5.79. The van der Waals surface area contributed by atoms with E-state index in [1.807, 2.05) is 17.8 Å². The molecule has 0 unspecified atom stereocenters. The summed E-state index contributed by atoms with van der Waals surface area (Å²) in [6.07, 6.45) is 8.10. The lowest BCUT2D eigenvalue weighted by atomic mass is 9.96. The molecule has 6 nitrogen and oxygen atoms in total. The molecule has 2 rings (SSSR count). The van der Waals surface area contributed by atoms with Crippen LogP contribution in [0.3, 0.4) is 0 Å². The number of hydrogen-bond donors (Lipinski definition) is 3. The van der Waals surface area contributed by atoms with E-state index in [0.29, 0.717) is 18.5 Å². The highest BCUT2D eigenvalue weighted by Crippen LogP contribution is 2.17. The fourth-order valence-electron chi connectivity index (χ4n) is 2.29. The van der Waals surface area contributed by atoms with Gasteiger partial charge in [-0.2, -0.15) is 5.10 Å². The van der Waals surface area contributed by atoms with E-state index in [-0.39, 0.29) is 0 Å². The van der Waals surface area contributed by atoms with E-state index in [4.69, 9.17) is 5.84 Å². The van der Waals surface area contributed by atoms with Gasteiger partial charge in [0.1, 0.15) is 0 Å². The predicted octanol–water partition coefficient (Wildman–Crippen LogP) is 0.662. The lowest BCUT2D eigenvalue weighted by Crippen LogP contribution is -2.47. The highest BCUT2D eigenvalue weighted by Gasteiger charge is 2.14. The average Bonchev–Trinajstić information content (AvgIpc) is 2.81. The number of hydrogen-bond acceptors (Lipinski definition) is 3. The Balaban J connectivity index is 1.89. The Bertz CT molecular complexity index is 391. The summed E-state index contributed by atoms with van der Waals surface area (Å²) in [6.45, 7) is 0.579. The zero-order valence-corrected chi connectivity index (χ0v) is 10.9. The van der Waals surface area contributed by atoms with Gasteiger partial charge in [-0.25, -0.2) is 10.8 Å². The van der Waals surface area contributed by atoms with Gasteiger partial charge in [-0.05, 0) is 18.9 Å². The third kappa shape index (κ3) is 3.46. The third-order valence-corrected chi connectivity index (χ3v) is 3.40. The molecule has 0 aliphatic heterocycles. The van der Waals surface area contributed by atoms with Crippen molar-refractivity contribution in [3.63, 3.8) is 0 Å². The number of rotatable bonds is 3. The first-order valence-corrected chi connectivity index (χ1v) is 6.54. The average molecular weight is 250 g/mol. The Hall–Kier alpha value is -1.56. The Morgan fingerprint density at radius 2 is 2.28 bits per heavy atom. The first kappa shape index (κ1) is 12.9. The summed E-state index contributed by atoms with van der Waals surface area (Å²) in [5, 5.41) is 7.48. The molecule has 0 radical (unpaired) electrons. The molecular formula is C12H22N6. The number of nitrogens with zero attached hydrogens (tertiary/aromatic N) is 3. The lowest BCUT2D eigenvalue weighted by molar-refractivity contribution is 0.410. The highest BCUT2D eigenvalue weighted by atomic mass is 15.3. The van der Waals surface area contributed by atoms with E-state index in [2.05, 4.69) is 20.8 Å². The van der Waals surface area contributed by atoms with Crippen molar-refractivity contribution in [1.82, 2.24) is 20.5 Å². The smallest absolute Gasteiger partial charge is 0.206 e. The molecule has 1 aliphatic carbocycles. The van der Waals surface area contributed by atoms with Crippen LogP contribution in [0.25, 0.3) is 0 Å². The van der Waals surface area contributed by atoms with Gasteiger partial charge in [0.05, 0.1) is 12.2 Å². The molecule has 0 saturated heterocycles. The summed E-state index contributed by atoms with van der Waals surface area (Å²) < 4.78 is 1.82. The van der Waals surface area contributed by atoms with Gasteiger partial charge in [-0.1, -0.05) is 19.3 Å². The number of nitrogens with one attached hydrogen (secondary N) is 2. The normalized spacial score (nSPS) is 17.8. The van der Waals surface area contributed by atoms with E-state index in [1.165, 1.54) is 32.1 Å². The van der Waals surface area contributed by atoms with Crippen molar-refractivity contribution in [3.8, 4) is 0 Å². The molecule has 0 atom stereocenters. The van der Waals surface area contributed by atoms with Gasteiger partial charge in [0, 0.05) is 19.3 Å². The second kappa shape index (κ2) is 6.39. The Morgan fingerprint density at radius 1 is 1.50 bits per heavy atom. The van der Waals surface area contributed by atoms with Gasteiger partial charge in [0.25, 0.3) is 0 Å². The van der Waals surface area contributed by atoms with E-state index in [0.717, 1.165) is 5.69 Å². The minimum absolute atomic E-state index is 0.500. The molecule has 6 heteroatoms. The van der Waals surface area contributed by atoms with Crippen LogP contribution in [-0.2, 0) is 13.6 Å². The van der Waals surface area contributed by atoms with Crippen molar-refractivity contribution in [1.29, 1.82) is 0 Å². The third-order valence-electron chi connectivity index (χ3n) is 3.40. The van der Waals surface area contributed by atoms with Gasteiger partial charge >= 0.3 is 0 Å². The van der Waals surface area contributed by atoms with Crippen LogP contribution in [0.15, 0.2) is 17.3 Å². The van der Waals surface area contributed by atoms with Crippen molar-refractivity contribution in [2.75, 3.05) is 0 Å². The summed E-state index contributed by atoms with van der Waals surface area (Å²) in [4.78, 5) is 4.45. The molecule has 1 aromatic heterocycles. The van der Waals surface area contributed by atoms with Crippen LogP contribution >= 0.6 is 0 Å². The Kier molecular flexibility index (Phi) is 4.58. The molecule has 1 saturated carbocycles. The zero-order chi connectivity index (χ0) is 12.8. The van der Waals surface area contributed by atoms with Gasteiger partial charge in [-0.3, -0.25) is 10.1 Å². The molecule has 1 heterocycles. The standard InChI is InChI=1S/C12H22N6/c1-18-11(7-8-15-18)9-14-12(17-13)16-10-5-3-2-4-6-10/h7-8,10H,2-6,9,13H2,1H3,(H2,14,16,17). The van der Waals surface area contributed by atoms with E-state index >= 15 is 0 Å². The second-order valence-electron chi connectivity index (χ2n) is 4.73. The minimum Gasteiger partial charge on any atom is -0.353 e. The summed E-state index contributed by atoms with van der Waals surface area (Å²) in [6, 6.07) is 2.46.